The van der Waals surface area contributed by atoms with Crippen LogP contribution < -0.4 is 26.6 Å². The van der Waals surface area contributed by atoms with Crippen molar-refractivity contribution in [2.75, 3.05) is 69.9 Å². The molecule has 0 radical (unpaired) electrons. The molecule has 1 saturated heterocycles. The Bertz CT molecular complexity index is 2740. The molecule has 5 N–H and O–H groups in total. The number of piperidine rings is 1. The van der Waals surface area contributed by atoms with Crippen molar-refractivity contribution in [3.63, 3.8) is 0 Å². The molecule has 0 aliphatic carbocycles. The van der Waals surface area contributed by atoms with Gasteiger partial charge in [-0.05, 0) is 73.5 Å². The average molecular weight is 948 g/mol. The minimum atomic E-state index is -0.738. The van der Waals surface area contributed by atoms with Crippen molar-refractivity contribution < 1.29 is 42.2 Å². The van der Waals surface area contributed by atoms with Gasteiger partial charge in [0.1, 0.15) is 24.3 Å². The van der Waals surface area contributed by atoms with E-state index in [4.69, 9.17) is 30.8 Å². The monoisotopic (exact) mass is 947 g/mol. The maximum absolute atomic E-state index is 14.9. The lowest BCUT2D eigenvalue weighted by atomic mass is 9.95. The fourth-order valence-electron chi connectivity index (χ4n) is 7.97. The number of amides is 4. The number of fused-ring (bicyclic) bond motifs is 4. The molecule has 0 spiro atoms. The third-order valence-corrected chi connectivity index (χ3v) is 11.6. The second-order valence-corrected chi connectivity index (χ2v) is 16.4. The SMILES string of the molecule is C=C1CCC(N2Cc3c(NC(=O)COCCOCCOCCNCCNC(=O)c4ccc(Nc5ncc6c(n5)-c5ccc(Cl)cc5C(c5c(F)cccc5F)=NC6)cc4)cccc3C2=O)C(=O)N1. The van der Waals surface area contributed by atoms with Gasteiger partial charge in [0.05, 0.1) is 56.5 Å². The first-order chi connectivity index (χ1) is 33.0. The van der Waals surface area contributed by atoms with Gasteiger partial charge in [0, 0.05) is 87.9 Å². The van der Waals surface area contributed by atoms with Crippen LogP contribution in [0.15, 0.2) is 102 Å². The summed E-state index contributed by atoms with van der Waals surface area (Å²) in [6, 6.07) is 20.1. The summed E-state index contributed by atoms with van der Waals surface area (Å²) in [5.74, 6) is -2.31. The van der Waals surface area contributed by atoms with Crippen LogP contribution in [0.2, 0.25) is 5.02 Å². The molecule has 0 saturated carbocycles. The zero-order valence-corrected chi connectivity index (χ0v) is 37.6. The predicted octanol–water partition coefficient (Wildman–Crippen LogP) is 5.93. The lowest BCUT2D eigenvalue weighted by Gasteiger charge is -2.31. The van der Waals surface area contributed by atoms with Crippen LogP contribution in [0.4, 0.5) is 26.1 Å². The van der Waals surface area contributed by atoms with Crippen molar-refractivity contribution >= 4 is 58.3 Å². The van der Waals surface area contributed by atoms with Gasteiger partial charge in [0.2, 0.25) is 17.8 Å². The van der Waals surface area contributed by atoms with Gasteiger partial charge in [-0.1, -0.05) is 36.4 Å². The Balaban J connectivity index is 0.678. The minimum absolute atomic E-state index is 0.0907. The summed E-state index contributed by atoms with van der Waals surface area (Å²) in [6.07, 6.45) is 2.71. The van der Waals surface area contributed by atoms with Crippen LogP contribution in [0.3, 0.4) is 0 Å². The zero-order valence-electron chi connectivity index (χ0n) is 36.8. The van der Waals surface area contributed by atoms with Gasteiger partial charge in [0.15, 0.2) is 0 Å². The first kappa shape index (κ1) is 47.5. The number of halogens is 3. The first-order valence-corrected chi connectivity index (χ1v) is 22.4. The summed E-state index contributed by atoms with van der Waals surface area (Å²) in [6.45, 7) is 7.03. The van der Waals surface area contributed by atoms with E-state index in [0.29, 0.717) is 113 Å². The molecule has 3 aliphatic heterocycles. The van der Waals surface area contributed by atoms with E-state index in [0.717, 1.165) is 0 Å². The van der Waals surface area contributed by atoms with Crippen molar-refractivity contribution in [1.29, 1.82) is 0 Å². The van der Waals surface area contributed by atoms with E-state index in [1.165, 1.54) is 23.1 Å². The summed E-state index contributed by atoms with van der Waals surface area (Å²) in [5, 5.41) is 15.2. The number of nitrogens with one attached hydrogen (secondary N) is 5. The normalized spacial score (nSPS) is 15.2. The third-order valence-electron chi connectivity index (χ3n) is 11.3. The molecular formula is C49H48ClF2N9O7. The van der Waals surface area contributed by atoms with Gasteiger partial charge in [-0.2, -0.15) is 0 Å². The molecule has 3 aliphatic rings. The Hall–Kier alpha value is -6.96. The second-order valence-electron chi connectivity index (χ2n) is 16.0. The molecule has 68 heavy (non-hydrogen) atoms. The number of allylic oxidation sites excluding steroid dienone is 1. The highest BCUT2D eigenvalue weighted by Crippen LogP contribution is 2.36. The van der Waals surface area contributed by atoms with Gasteiger partial charge < -0.3 is 45.7 Å². The highest BCUT2D eigenvalue weighted by Gasteiger charge is 2.39. The van der Waals surface area contributed by atoms with Crippen molar-refractivity contribution in [1.82, 2.24) is 30.8 Å². The Morgan fingerprint density at radius 3 is 2.40 bits per heavy atom. The molecule has 1 fully saturated rings. The highest BCUT2D eigenvalue weighted by atomic mass is 35.5. The molecule has 1 atom stereocenters. The van der Waals surface area contributed by atoms with Crippen LogP contribution in [-0.4, -0.2) is 110 Å². The summed E-state index contributed by atoms with van der Waals surface area (Å²) in [5.41, 5.74) is 5.50. The summed E-state index contributed by atoms with van der Waals surface area (Å²) in [7, 11) is 0. The number of anilines is 3. The van der Waals surface area contributed by atoms with Crippen LogP contribution in [0.1, 0.15) is 55.8 Å². The van der Waals surface area contributed by atoms with Crippen LogP contribution in [0.5, 0.6) is 0 Å². The standard InChI is InChI=1S/C49H48ClF2N9O7/c1-29-8-15-41(47(64)57-29)61-27-37-35(48(61)65)4-2-7-40(37)59-42(62)28-68-23-22-67-21-20-66-19-18-53-16-17-54-46(63)30-9-12-33(13-10-30)58-49-56-26-31-25-55-45(43-38(51)5-3-6-39(43)52)36-24-32(50)11-14-34(36)44(31)60-49/h2-7,9-14,24,26,41,53H,1,8,15-23,25,27-28H2,(H,54,63)(H,57,64)(H,59,62)(H,56,58,60). The molecule has 4 heterocycles. The van der Waals surface area contributed by atoms with Crippen LogP contribution in [0.25, 0.3) is 11.3 Å². The van der Waals surface area contributed by atoms with Crippen molar-refractivity contribution in [3.05, 3.63) is 147 Å². The molecule has 1 aromatic heterocycles. The average Bonchev–Trinajstić information content (AvgIpc) is 3.58. The van der Waals surface area contributed by atoms with E-state index >= 15 is 0 Å². The number of aliphatic imine (C=N–C) groups is 1. The van der Waals surface area contributed by atoms with E-state index in [9.17, 15) is 28.0 Å². The molecule has 19 heteroatoms. The number of ether oxygens (including phenoxy) is 3. The second kappa shape index (κ2) is 22.2. The number of carbonyl (C=O) groups excluding carboxylic acids is 4. The maximum Gasteiger partial charge on any atom is 0.255 e. The largest absolute Gasteiger partial charge is 0.378 e. The third kappa shape index (κ3) is 11.4. The van der Waals surface area contributed by atoms with Crippen LogP contribution in [0, 0.1) is 11.6 Å². The topological polar surface area (TPSA) is 198 Å². The van der Waals surface area contributed by atoms with Crippen LogP contribution in [-0.2, 0) is 36.9 Å². The first-order valence-electron chi connectivity index (χ1n) is 22.0. The summed E-state index contributed by atoms with van der Waals surface area (Å²) >= 11 is 6.34. The Morgan fingerprint density at radius 2 is 1.62 bits per heavy atom. The number of benzene rings is 4. The Morgan fingerprint density at radius 1 is 0.868 bits per heavy atom. The highest BCUT2D eigenvalue weighted by molar-refractivity contribution is 6.31. The van der Waals surface area contributed by atoms with Gasteiger partial charge in [-0.3, -0.25) is 24.2 Å². The number of rotatable bonds is 20. The number of nitrogens with zero attached hydrogens (tertiary/aromatic N) is 4. The predicted molar refractivity (Wildman–Crippen MR) is 251 cm³/mol. The van der Waals surface area contributed by atoms with Crippen molar-refractivity contribution in [2.24, 2.45) is 4.99 Å². The van der Waals surface area contributed by atoms with Gasteiger partial charge in [0.25, 0.3) is 11.8 Å². The minimum Gasteiger partial charge on any atom is -0.378 e. The number of hydrogen-bond acceptors (Lipinski definition) is 12. The van der Waals surface area contributed by atoms with E-state index in [1.54, 1.807) is 66.9 Å². The van der Waals surface area contributed by atoms with Crippen LogP contribution >= 0.6 is 11.6 Å². The van der Waals surface area contributed by atoms with Gasteiger partial charge in [-0.15, -0.1) is 0 Å². The summed E-state index contributed by atoms with van der Waals surface area (Å²) in [4.78, 5) is 66.3. The molecule has 4 amide bonds. The van der Waals surface area contributed by atoms with E-state index in [1.807, 2.05) is 0 Å². The molecular weight excluding hydrogens is 900 g/mol. The van der Waals surface area contributed by atoms with Crippen molar-refractivity contribution in [3.8, 4) is 11.3 Å². The fraction of sp³-hybridized carbons (Fsp3) is 0.286. The number of hydrogen-bond donors (Lipinski definition) is 5. The number of aromatic nitrogens is 2. The Labute approximate surface area is 395 Å². The molecule has 8 rings (SSSR count). The van der Waals surface area contributed by atoms with E-state index in [2.05, 4.69) is 43.1 Å². The van der Waals surface area contributed by atoms with Gasteiger partial charge in [-0.25, -0.2) is 18.7 Å². The summed E-state index contributed by atoms with van der Waals surface area (Å²) < 4.78 is 46.4. The van der Waals surface area contributed by atoms with E-state index < -0.39 is 17.7 Å². The molecule has 5 aromatic rings. The van der Waals surface area contributed by atoms with Crippen molar-refractivity contribution in [2.45, 2.75) is 32.0 Å². The lowest BCUT2D eigenvalue weighted by molar-refractivity contribution is -0.126. The zero-order chi connectivity index (χ0) is 47.6. The number of carbonyl (C=O) groups is 4. The molecule has 352 valence electrons. The van der Waals surface area contributed by atoms with E-state index in [-0.39, 0.29) is 73.8 Å². The van der Waals surface area contributed by atoms with Gasteiger partial charge >= 0.3 is 0 Å². The maximum atomic E-state index is 14.9. The quantitative estimate of drug-likeness (QED) is 0.0581. The smallest absolute Gasteiger partial charge is 0.255 e. The Kier molecular flexibility index (Phi) is 15.5. The molecule has 1 unspecified atom stereocenters. The fourth-order valence-corrected chi connectivity index (χ4v) is 8.14. The molecule has 16 nitrogen and oxygen atoms in total. The molecule has 4 aromatic carbocycles. The lowest BCUT2D eigenvalue weighted by Crippen LogP contribution is -2.49. The molecule has 0 bridgehead atoms.